The quantitative estimate of drug-likeness (QED) is 0.652. The molecule has 1 aromatic rings. The smallest absolute Gasteiger partial charge is 0.269 e. The average molecular weight is 241 g/mol. The minimum atomic E-state index is -0.423. The van der Waals surface area contributed by atoms with Gasteiger partial charge in [0.1, 0.15) is 0 Å². The molecule has 86 valence electrons. The standard InChI is InChI=1S/C11H13ClN2O2/c12-10-5-4-8(14(15)16)6-9(10)11(13)7-2-1-3-7/h4-7,11H,1-3,13H2/t11-/m0/s1. The second kappa shape index (κ2) is 4.39. The van der Waals surface area contributed by atoms with Crippen LogP contribution in [0.1, 0.15) is 30.9 Å². The van der Waals surface area contributed by atoms with Crippen LogP contribution in [0, 0.1) is 16.0 Å². The first kappa shape index (κ1) is 11.4. The molecule has 0 aliphatic heterocycles. The minimum Gasteiger partial charge on any atom is -0.324 e. The molecule has 1 atom stereocenters. The van der Waals surface area contributed by atoms with Crippen LogP contribution in [0.2, 0.25) is 5.02 Å². The van der Waals surface area contributed by atoms with E-state index >= 15 is 0 Å². The topological polar surface area (TPSA) is 69.2 Å². The molecule has 0 saturated heterocycles. The number of nitrogens with zero attached hydrogens (tertiary/aromatic N) is 1. The molecule has 4 nitrogen and oxygen atoms in total. The molecule has 0 spiro atoms. The molecule has 16 heavy (non-hydrogen) atoms. The van der Waals surface area contributed by atoms with Crippen molar-refractivity contribution in [3.8, 4) is 0 Å². The van der Waals surface area contributed by atoms with Crippen molar-refractivity contribution in [1.29, 1.82) is 0 Å². The highest BCUT2D eigenvalue weighted by Gasteiger charge is 2.27. The lowest BCUT2D eigenvalue weighted by molar-refractivity contribution is -0.384. The van der Waals surface area contributed by atoms with E-state index in [-0.39, 0.29) is 11.7 Å². The molecule has 0 amide bonds. The van der Waals surface area contributed by atoms with Crippen molar-refractivity contribution in [1.82, 2.24) is 0 Å². The van der Waals surface area contributed by atoms with Gasteiger partial charge < -0.3 is 5.73 Å². The third-order valence-electron chi connectivity index (χ3n) is 3.21. The molecule has 1 saturated carbocycles. The molecule has 0 radical (unpaired) electrons. The van der Waals surface area contributed by atoms with Crippen molar-refractivity contribution in [2.24, 2.45) is 11.7 Å². The van der Waals surface area contributed by atoms with Crippen LogP contribution in [-0.2, 0) is 0 Å². The number of hydrogen-bond acceptors (Lipinski definition) is 3. The molecule has 0 unspecified atom stereocenters. The summed E-state index contributed by atoms with van der Waals surface area (Å²) in [6.45, 7) is 0. The maximum absolute atomic E-state index is 10.7. The molecule has 2 N–H and O–H groups in total. The first-order chi connectivity index (χ1) is 7.59. The molecule has 2 rings (SSSR count). The van der Waals surface area contributed by atoms with E-state index < -0.39 is 4.92 Å². The number of halogens is 1. The fraction of sp³-hybridized carbons (Fsp3) is 0.455. The Labute approximate surface area is 98.5 Å². The zero-order chi connectivity index (χ0) is 11.7. The maximum Gasteiger partial charge on any atom is 0.269 e. The van der Waals surface area contributed by atoms with Crippen LogP contribution in [-0.4, -0.2) is 4.92 Å². The molecule has 0 bridgehead atoms. The third-order valence-corrected chi connectivity index (χ3v) is 3.55. The number of benzene rings is 1. The van der Waals surface area contributed by atoms with Crippen LogP contribution < -0.4 is 5.73 Å². The lowest BCUT2D eigenvalue weighted by Crippen LogP contribution is -2.27. The summed E-state index contributed by atoms with van der Waals surface area (Å²) >= 11 is 6.02. The fourth-order valence-corrected chi connectivity index (χ4v) is 2.20. The summed E-state index contributed by atoms with van der Waals surface area (Å²) in [5, 5.41) is 11.2. The van der Waals surface area contributed by atoms with Crippen LogP contribution in [0.25, 0.3) is 0 Å². The molecule has 1 aromatic carbocycles. The van der Waals surface area contributed by atoms with E-state index in [0.717, 1.165) is 12.8 Å². The Morgan fingerprint density at radius 2 is 2.19 bits per heavy atom. The van der Waals surface area contributed by atoms with E-state index in [1.807, 2.05) is 0 Å². The lowest BCUT2D eigenvalue weighted by Gasteiger charge is -2.31. The van der Waals surface area contributed by atoms with Gasteiger partial charge in [0, 0.05) is 23.2 Å². The van der Waals surface area contributed by atoms with Gasteiger partial charge in [-0.25, -0.2) is 0 Å². The van der Waals surface area contributed by atoms with E-state index in [2.05, 4.69) is 0 Å². The van der Waals surface area contributed by atoms with Gasteiger partial charge in [0.25, 0.3) is 5.69 Å². The fourth-order valence-electron chi connectivity index (χ4n) is 1.95. The molecule has 5 heteroatoms. The second-order valence-electron chi connectivity index (χ2n) is 4.18. The Bertz CT molecular complexity index is 418. The van der Waals surface area contributed by atoms with Crippen LogP contribution >= 0.6 is 11.6 Å². The van der Waals surface area contributed by atoms with Gasteiger partial charge in [0.05, 0.1) is 4.92 Å². The van der Waals surface area contributed by atoms with Gasteiger partial charge in [0.2, 0.25) is 0 Å². The highest BCUT2D eigenvalue weighted by atomic mass is 35.5. The Balaban J connectivity index is 2.30. The van der Waals surface area contributed by atoms with Crippen LogP contribution in [0.4, 0.5) is 5.69 Å². The van der Waals surface area contributed by atoms with E-state index in [4.69, 9.17) is 17.3 Å². The summed E-state index contributed by atoms with van der Waals surface area (Å²) in [5.74, 6) is 0.416. The summed E-state index contributed by atoms with van der Waals surface area (Å²) in [6.07, 6.45) is 3.35. The number of non-ortho nitro benzene ring substituents is 1. The molecule has 1 fully saturated rings. The van der Waals surface area contributed by atoms with Gasteiger partial charge in [0.15, 0.2) is 0 Å². The van der Waals surface area contributed by atoms with Crippen molar-refractivity contribution in [3.63, 3.8) is 0 Å². The molecular weight excluding hydrogens is 228 g/mol. The SMILES string of the molecule is N[C@H](c1cc([N+](=O)[O-])ccc1Cl)C1CCC1. The number of hydrogen-bond donors (Lipinski definition) is 1. The molecule has 0 heterocycles. The van der Waals surface area contributed by atoms with Crippen molar-refractivity contribution < 1.29 is 4.92 Å². The van der Waals surface area contributed by atoms with Crippen molar-refractivity contribution in [2.75, 3.05) is 0 Å². The van der Waals surface area contributed by atoms with Gasteiger partial charge in [-0.15, -0.1) is 0 Å². The summed E-state index contributed by atoms with van der Waals surface area (Å²) in [5.41, 5.74) is 6.81. The largest absolute Gasteiger partial charge is 0.324 e. The minimum absolute atomic E-state index is 0.0502. The molecule has 1 aliphatic rings. The van der Waals surface area contributed by atoms with Gasteiger partial charge in [-0.1, -0.05) is 18.0 Å². The molecule has 0 aromatic heterocycles. The Hall–Kier alpha value is -1.13. The predicted octanol–water partition coefficient (Wildman–Crippen LogP) is 3.05. The van der Waals surface area contributed by atoms with E-state index in [9.17, 15) is 10.1 Å². The van der Waals surface area contributed by atoms with Crippen LogP contribution in [0.3, 0.4) is 0 Å². The monoisotopic (exact) mass is 240 g/mol. The Morgan fingerprint density at radius 1 is 1.50 bits per heavy atom. The first-order valence-electron chi connectivity index (χ1n) is 5.29. The number of rotatable bonds is 3. The van der Waals surface area contributed by atoms with Gasteiger partial charge in [-0.2, -0.15) is 0 Å². The van der Waals surface area contributed by atoms with E-state index in [0.29, 0.717) is 16.5 Å². The average Bonchev–Trinajstić information content (AvgIpc) is 2.15. The van der Waals surface area contributed by atoms with Gasteiger partial charge >= 0.3 is 0 Å². The van der Waals surface area contributed by atoms with Crippen molar-refractivity contribution in [2.45, 2.75) is 25.3 Å². The summed E-state index contributed by atoms with van der Waals surface area (Å²) in [6, 6.07) is 4.26. The second-order valence-corrected chi connectivity index (χ2v) is 4.59. The number of nitro groups is 1. The van der Waals surface area contributed by atoms with Gasteiger partial charge in [-0.3, -0.25) is 10.1 Å². The third kappa shape index (κ3) is 2.03. The molecule has 1 aliphatic carbocycles. The number of nitrogens with two attached hydrogens (primary N) is 1. The van der Waals surface area contributed by atoms with Crippen molar-refractivity contribution in [3.05, 3.63) is 38.9 Å². The number of nitro benzene ring substituents is 1. The lowest BCUT2D eigenvalue weighted by atomic mass is 9.77. The van der Waals surface area contributed by atoms with E-state index in [1.165, 1.54) is 18.6 Å². The highest BCUT2D eigenvalue weighted by Crippen LogP contribution is 2.39. The normalized spacial score (nSPS) is 17.9. The Morgan fingerprint density at radius 3 is 2.69 bits per heavy atom. The summed E-state index contributed by atoms with van der Waals surface area (Å²) in [7, 11) is 0. The van der Waals surface area contributed by atoms with Crippen molar-refractivity contribution >= 4 is 17.3 Å². The molecular formula is C11H13ClN2O2. The highest BCUT2D eigenvalue weighted by molar-refractivity contribution is 6.31. The van der Waals surface area contributed by atoms with Crippen LogP contribution in [0.5, 0.6) is 0 Å². The van der Waals surface area contributed by atoms with E-state index in [1.54, 1.807) is 6.07 Å². The first-order valence-corrected chi connectivity index (χ1v) is 5.67. The zero-order valence-corrected chi connectivity index (χ0v) is 9.48. The summed E-state index contributed by atoms with van der Waals surface area (Å²) in [4.78, 5) is 10.2. The van der Waals surface area contributed by atoms with Crippen LogP contribution in [0.15, 0.2) is 18.2 Å². The van der Waals surface area contributed by atoms with Gasteiger partial charge in [-0.05, 0) is 30.4 Å². The summed E-state index contributed by atoms with van der Waals surface area (Å²) < 4.78 is 0. The maximum atomic E-state index is 10.7. The Kier molecular flexibility index (Phi) is 3.12. The predicted molar refractivity (Wildman–Crippen MR) is 62.4 cm³/mol. The zero-order valence-electron chi connectivity index (χ0n) is 8.73.